The highest BCUT2D eigenvalue weighted by molar-refractivity contribution is 5.76. The zero-order valence-electron chi connectivity index (χ0n) is 12.5. The minimum atomic E-state index is 0.0988. The zero-order chi connectivity index (χ0) is 15.1. The third kappa shape index (κ3) is 4.63. The minimum absolute atomic E-state index is 0.0988. The van der Waals surface area contributed by atoms with Gasteiger partial charge in [0.2, 0.25) is 5.91 Å². The number of nitrogens with zero attached hydrogens (tertiary/aromatic N) is 1. The molecule has 1 aliphatic rings. The van der Waals surface area contributed by atoms with Gasteiger partial charge in [-0.15, -0.1) is 0 Å². The number of piperidine rings is 1. The molecule has 0 aliphatic carbocycles. The fraction of sp³-hybridized carbons (Fsp3) is 0.562. The molecule has 1 unspecified atom stereocenters. The number of benzene rings is 1. The molecule has 0 radical (unpaired) electrons. The van der Waals surface area contributed by atoms with Crippen LogP contribution in [-0.4, -0.2) is 49.3 Å². The van der Waals surface area contributed by atoms with Gasteiger partial charge in [-0.1, -0.05) is 0 Å². The van der Waals surface area contributed by atoms with Crippen LogP contribution >= 0.6 is 0 Å². The molecule has 1 aromatic rings. The van der Waals surface area contributed by atoms with Crippen LogP contribution < -0.4 is 9.47 Å². The Kier molecular flexibility index (Phi) is 5.87. The van der Waals surface area contributed by atoms with Crippen LogP contribution in [0.25, 0.3) is 0 Å². The van der Waals surface area contributed by atoms with Gasteiger partial charge in [0.25, 0.3) is 0 Å². The first-order chi connectivity index (χ1) is 10.2. The molecule has 0 spiro atoms. The first-order valence-electron chi connectivity index (χ1n) is 7.38. The second-order valence-corrected chi connectivity index (χ2v) is 5.30. The molecule has 1 atom stereocenters. The van der Waals surface area contributed by atoms with E-state index in [-0.39, 0.29) is 18.4 Å². The van der Waals surface area contributed by atoms with Crippen molar-refractivity contribution in [1.29, 1.82) is 0 Å². The van der Waals surface area contributed by atoms with Crippen LogP contribution in [0, 0.1) is 5.92 Å². The van der Waals surface area contributed by atoms with Crippen LogP contribution in [0.3, 0.4) is 0 Å². The highest BCUT2D eigenvalue weighted by Gasteiger charge is 2.22. The first kappa shape index (κ1) is 15.6. The predicted molar refractivity (Wildman–Crippen MR) is 79.5 cm³/mol. The summed E-state index contributed by atoms with van der Waals surface area (Å²) in [5, 5.41) is 9.19. The quantitative estimate of drug-likeness (QED) is 0.867. The number of carbonyl (C=O) groups is 1. The van der Waals surface area contributed by atoms with Gasteiger partial charge >= 0.3 is 0 Å². The van der Waals surface area contributed by atoms with Crippen molar-refractivity contribution in [2.75, 3.05) is 33.4 Å². The number of hydrogen-bond donors (Lipinski definition) is 1. The second kappa shape index (κ2) is 7.88. The molecular weight excluding hydrogens is 270 g/mol. The van der Waals surface area contributed by atoms with Crippen molar-refractivity contribution in [3.8, 4) is 11.5 Å². The number of amides is 1. The van der Waals surface area contributed by atoms with Gasteiger partial charge in [0.15, 0.2) is 0 Å². The van der Waals surface area contributed by atoms with Crippen LogP contribution in [0.4, 0.5) is 0 Å². The van der Waals surface area contributed by atoms with Gasteiger partial charge in [0.05, 0.1) is 20.1 Å². The van der Waals surface area contributed by atoms with Gasteiger partial charge in [0, 0.05) is 19.7 Å². The fourth-order valence-corrected chi connectivity index (χ4v) is 2.53. The normalized spacial score (nSPS) is 18.4. The standard InChI is InChI=1S/C16H23NO4/c1-20-14-4-6-15(7-5-14)21-10-8-16(19)17-9-2-3-13(11-17)12-18/h4-7,13,18H,2-3,8-12H2,1H3. The Balaban J connectivity index is 1.73. The molecule has 5 heteroatoms. The summed E-state index contributed by atoms with van der Waals surface area (Å²) in [4.78, 5) is 13.9. The number of hydrogen-bond acceptors (Lipinski definition) is 4. The van der Waals surface area contributed by atoms with E-state index in [0.717, 1.165) is 30.9 Å². The van der Waals surface area contributed by atoms with Crippen molar-refractivity contribution in [2.24, 2.45) is 5.92 Å². The molecule has 1 heterocycles. The van der Waals surface area contributed by atoms with Crippen LogP contribution in [0.15, 0.2) is 24.3 Å². The Hall–Kier alpha value is -1.75. The topological polar surface area (TPSA) is 59.0 Å². The van der Waals surface area contributed by atoms with Gasteiger partial charge in [0.1, 0.15) is 11.5 Å². The minimum Gasteiger partial charge on any atom is -0.497 e. The molecule has 2 rings (SSSR count). The predicted octanol–water partition coefficient (Wildman–Crippen LogP) is 1.70. The van der Waals surface area contributed by atoms with Crippen molar-refractivity contribution in [3.63, 3.8) is 0 Å². The molecule has 0 bridgehead atoms. The molecular formula is C16H23NO4. The van der Waals surface area contributed by atoms with Gasteiger partial charge in [-0.05, 0) is 43.0 Å². The number of likely N-dealkylation sites (tertiary alicyclic amines) is 1. The molecule has 1 N–H and O–H groups in total. The average molecular weight is 293 g/mol. The summed E-state index contributed by atoms with van der Waals surface area (Å²) in [6.07, 6.45) is 2.34. The molecule has 1 aliphatic heterocycles. The van der Waals surface area contributed by atoms with Gasteiger partial charge in [-0.2, -0.15) is 0 Å². The fourth-order valence-electron chi connectivity index (χ4n) is 2.53. The van der Waals surface area contributed by atoms with Crippen molar-refractivity contribution < 1.29 is 19.4 Å². The van der Waals surface area contributed by atoms with Gasteiger partial charge in [-0.3, -0.25) is 4.79 Å². The first-order valence-corrected chi connectivity index (χ1v) is 7.38. The van der Waals surface area contributed by atoms with E-state index in [1.54, 1.807) is 7.11 Å². The van der Waals surface area contributed by atoms with E-state index in [0.29, 0.717) is 19.6 Å². The lowest BCUT2D eigenvalue weighted by molar-refractivity contribution is -0.133. The number of carbonyl (C=O) groups excluding carboxylic acids is 1. The summed E-state index contributed by atoms with van der Waals surface area (Å²) in [6, 6.07) is 7.30. The summed E-state index contributed by atoms with van der Waals surface area (Å²) < 4.78 is 10.6. The number of aliphatic hydroxyl groups excluding tert-OH is 1. The van der Waals surface area contributed by atoms with E-state index < -0.39 is 0 Å². The van der Waals surface area contributed by atoms with Gasteiger partial charge in [-0.25, -0.2) is 0 Å². The molecule has 1 saturated heterocycles. The molecule has 1 aromatic carbocycles. The summed E-state index contributed by atoms with van der Waals surface area (Å²) in [6.45, 7) is 1.98. The Morgan fingerprint density at radius 3 is 2.71 bits per heavy atom. The van der Waals surface area contributed by atoms with Crippen LogP contribution in [0.2, 0.25) is 0 Å². The number of ether oxygens (including phenoxy) is 2. The monoisotopic (exact) mass is 293 g/mol. The molecule has 116 valence electrons. The van der Waals surface area contributed by atoms with Crippen molar-refractivity contribution in [2.45, 2.75) is 19.3 Å². The third-order valence-corrected chi connectivity index (χ3v) is 3.77. The smallest absolute Gasteiger partial charge is 0.226 e. The number of aliphatic hydroxyl groups is 1. The maximum absolute atomic E-state index is 12.1. The average Bonchev–Trinajstić information content (AvgIpc) is 2.55. The van der Waals surface area contributed by atoms with E-state index in [9.17, 15) is 9.90 Å². The lowest BCUT2D eigenvalue weighted by Crippen LogP contribution is -2.41. The van der Waals surface area contributed by atoms with Crippen LogP contribution in [-0.2, 0) is 4.79 Å². The molecule has 1 fully saturated rings. The Morgan fingerprint density at radius 2 is 2.05 bits per heavy atom. The van der Waals surface area contributed by atoms with E-state index in [1.165, 1.54) is 0 Å². The van der Waals surface area contributed by atoms with Gasteiger partial charge < -0.3 is 19.5 Å². The van der Waals surface area contributed by atoms with Crippen molar-refractivity contribution in [1.82, 2.24) is 4.90 Å². The van der Waals surface area contributed by atoms with E-state index in [2.05, 4.69) is 0 Å². The van der Waals surface area contributed by atoms with Crippen molar-refractivity contribution >= 4 is 5.91 Å². The maximum atomic E-state index is 12.1. The number of rotatable bonds is 6. The van der Waals surface area contributed by atoms with E-state index >= 15 is 0 Å². The summed E-state index contributed by atoms with van der Waals surface area (Å²) in [7, 11) is 1.62. The highest BCUT2D eigenvalue weighted by Crippen LogP contribution is 2.18. The molecule has 0 saturated carbocycles. The lowest BCUT2D eigenvalue weighted by Gasteiger charge is -2.31. The Morgan fingerprint density at radius 1 is 1.33 bits per heavy atom. The molecule has 5 nitrogen and oxygen atoms in total. The maximum Gasteiger partial charge on any atom is 0.226 e. The molecule has 1 amide bonds. The SMILES string of the molecule is COc1ccc(OCCC(=O)N2CCCC(CO)C2)cc1. The number of methoxy groups -OCH3 is 1. The van der Waals surface area contributed by atoms with E-state index in [4.69, 9.17) is 9.47 Å². The summed E-state index contributed by atoms with van der Waals surface area (Å²) >= 11 is 0. The Labute approximate surface area is 125 Å². The van der Waals surface area contributed by atoms with E-state index in [1.807, 2.05) is 29.2 Å². The lowest BCUT2D eigenvalue weighted by atomic mass is 9.99. The van der Waals surface area contributed by atoms with Crippen LogP contribution in [0.5, 0.6) is 11.5 Å². The van der Waals surface area contributed by atoms with Crippen molar-refractivity contribution in [3.05, 3.63) is 24.3 Å². The Bertz CT molecular complexity index is 446. The van der Waals surface area contributed by atoms with Crippen LogP contribution in [0.1, 0.15) is 19.3 Å². The summed E-state index contributed by atoms with van der Waals surface area (Å²) in [5.41, 5.74) is 0. The zero-order valence-corrected chi connectivity index (χ0v) is 12.5. The third-order valence-electron chi connectivity index (χ3n) is 3.77. The largest absolute Gasteiger partial charge is 0.497 e. The highest BCUT2D eigenvalue weighted by atomic mass is 16.5. The molecule has 0 aromatic heterocycles. The summed E-state index contributed by atoms with van der Waals surface area (Å²) in [5.74, 6) is 1.84. The molecule has 21 heavy (non-hydrogen) atoms. The second-order valence-electron chi connectivity index (χ2n) is 5.30.